The van der Waals surface area contributed by atoms with Gasteiger partial charge < -0.3 is 10.6 Å². The van der Waals surface area contributed by atoms with E-state index in [4.69, 9.17) is 5.73 Å². The third kappa shape index (κ3) is 3.57. The van der Waals surface area contributed by atoms with Gasteiger partial charge in [-0.05, 0) is 37.7 Å². The maximum Gasteiger partial charge on any atom is 0.239 e. The topological polar surface area (TPSA) is 46.3 Å². The molecule has 1 aliphatic rings. The number of carbonyl (C=O) groups excluding carboxylic acids is 1. The van der Waals surface area contributed by atoms with Gasteiger partial charge in [-0.15, -0.1) is 0 Å². The molecule has 1 aliphatic heterocycles. The summed E-state index contributed by atoms with van der Waals surface area (Å²) in [5.41, 5.74) is 7.25. The van der Waals surface area contributed by atoms with E-state index in [9.17, 15) is 4.79 Å². The highest BCUT2D eigenvalue weighted by atomic mass is 16.2. The van der Waals surface area contributed by atoms with Gasteiger partial charge >= 0.3 is 0 Å². The maximum absolute atomic E-state index is 12.1. The van der Waals surface area contributed by atoms with Crippen molar-refractivity contribution in [1.82, 2.24) is 4.90 Å². The fourth-order valence-corrected chi connectivity index (χ4v) is 2.44. The first-order valence-electron chi connectivity index (χ1n) is 6.85. The Morgan fingerprint density at radius 3 is 2.50 bits per heavy atom. The Morgan fingerprint density at radius 2 is 1.83 bits per heavy atom. The molecular formula is C15H22N2O. The monoisotopic (exact) mass is 246 g/mol. The first-order valence-corrected chi connectivity index (χ1v) is 6.85. The van der Waals surface area contributed by atoms with Crippen molar-refractivity contribution in [1.29, 1.82) is 0 Å². The molecule has 3 nitrogen and oxygen atoms in total. The molecule has 1 amide bonds. The summed E-state index contributed by atoms with van der Waals surface area (Å²) < 4.78 is 0. The maximum atomic E-state index is 12.1. The highest BCUT2D eigenvalue weighted by Crippen LogP contribution is 2.11. The van der Waals surface area contributed by atoms with Crippen LogP contribution in [-0.4, -0.2) is 29.9 Å². The largest absolute Gasteiger partial charge is 0.341 e. The number of nitrogens with zero attached hydrogens (tertiary/aromatic N) is 1. The van der Waals surface area contributed by atoms with Crippen molar-refractivity contribution >= 4 is 5.91 Å². The number of carbonyl (C=O) groups is 1. The van der Waals surface area contributed by atoms with Gasteiger partial charge in [0, 0.05) is 13.1 Å². The van der Waals surface area contributed by atoms with E-state index in [-0.39, 0.29) is 11.9 Å². The van der Waals surface area contributed by atoms with Crippen LogP contribution >= 0.6 is 0 Å². The summed E-state index contributed by atoms with van der Waals surface area (Å²) in [7, 11) is 0. The Labute approximate surface area is 109 Å². The molecule has 1 unspecified atom stereocenters. The Balaban J connectivity index is 1.80. The summed E-state index contributed by atoms with van der Waals surface area (Å²) in [4.78, 5) is 14.0. The lowest BCUT2D eigenvalue weighted by atomic mass is 10.0. The molecule has 0 aliphatic carbocycles. The van der Waals surface area contributed by atoms with E-state index in [1.165, 1.54) is 12.0 Å². The van der Waals surface area contributed by atoms with E-state index in [0.29, 0.717) is 0 Å². The van der Waals surface area contributed by atoms with Crippen LogP contribution in [-0.2, 0) is 11.2 Å². The molecule has 1 heterocycles. The summed E-state index contributed by atoms with van der Waals surface area (Å²) in [5, 5.41) is 0. The van der Waals surface area contributed by atoms with Gasteiger partial charge in [0.2, 0.25) is 5.91 Å². The van der Waals surface area contributed by atoms with Gasteiger partial charge in [0.1, 0.15) is 0 Å². The summed E-state index contributed by atoms with van der Waals surface area (Å²) in [6, 6.07) is 9.86. The molecule has 3 heteroatoms. The van der Waals surface area contributed by atoms with E-state index in [1.807, 2.05) is 23.1 Å². The molecule has 2 N–H and O–H groups in total. The van der Waals surface area contributed by atoms with Crippen LogP contribution in [0.4, 0.5) is 0 Å². The van der Waals surface area contributed by atoms with E-state index >= 15 is 0 Å². The molecule has 1 fully saturated rings. The molecule has 0 bridgehead atoms. The number of nitrogens with two attached hydrogens (primary N) is 1. The Bertz CT molecular complexity index is 371. The minimum atomic E-state index is -0.344. The minimum Gasteiger partial charge on any atom is -0.341 e. The Kier molecular flexibility index (Phi) is 4.76. The van der Waals surface area contributed by atoms with E-state index < -0.39 is 0 Å². The van der Waals surface area contributed by atoms with E-state index in [1.54, 1.807) is 0 Å². The van der Waals surface area contributed by atoms with Crippen molar-refractivity contribution in [2.24, 2.45) is 5.73 Å². The highest BCUT2D eigenvalue weighted by Gasteiger charge is 2.22. The average molecular weight is 246 g/mol. The van der Waals surface area contributed by atoms with Crippen LogP contribution in [0.3, 0.4) is 0 Å². The average Bonchev–Trinajstić information content (AvgIpc) is 2.46. The lowest BCUT2D eigenvalue weighted by Gasteiger charge is -2.29. The van der Waals surface area contributed by atoms with Crippen molar-refractivity contribution in [3.63, 3.8) is 0 Å². The summed E-state index contributed by atoms with van der Waals surface area (Å²) in [5.74, 6) is 0.130. The molecule has 1 aromatic carbocycles. The fraction of sp³-hybridized carbons (Fsp3) is 0.533. The van der Waals surface area contributed by atoms with Crippen molar-refractivity contribution < 1.29 is 4.79 Å². The second kappa shape index (κ2) is 6.55. The number of likely N-dealkylation sites (tertiary alicyclic amines) is 1. The molecule has 0 saturated carbocycles. The minimum absolute atomic E-state index is 0.130. The SMILES string of the molecule is NC(CCc1ccccc1)C(=O)N1CCCCC1. The molecule has 0 aromatic heterocycles. The molecular weight excluding hydrogens is 224 g/mol. The molecule has 0 radical (unpaired) electrons. The van der Waals surface area contributed by atoms with Gasteiger partial charge in [-0.2, -0.15) is 0 Å². The predicted octanol–water partition coefficient (Wildman–Crippen LogP) is 1.96. The third-order valence-corrected chi connectivity index (χ3v) is 3.57. The first-order chi connectivity index (χ1) is 8.77. The lowest BCUT2D eigenvalue weighted by Crippen LogP contribution is -2.46. The number of hydrogen-bond donors (Lipinski definition) is 1. The van der Waals surface area contributed by atoms with Gasteiger partial charge in [-0.3, -0.25) is 4.79 Å². The normalized spacial score (nSPS) is 17.5. The van der Waals surface area contributed by atoms with Gasteiger partial charge in [0.05, 0.1) is 6.04 Å². The van der Waals surface area contributed by atoms with Crippen LogP contribution in [0, 0.1) is 0 Å². The summed E-state index contributed by atoms with van der Waals surface area (Å²) in [6.07, 6.45) is 5.10. The van der Waals surface area contributed by atoms with Crippen molar-refractivity contribution in [2.75, 3.05) is 13.1 Å². The van der Waals surface area contributed by atoms with Crippen LogP contribution in [0.2, 0.25) is 0 Å². The number of aryl methyl sites for hydroxylation is 1. The number of benzene rings is 1. The van der Waals surface area contributed by atoms with Crippen LogP contribution in [0.5, 0.6) is 0 Å². The smallest absolute Gasteiger partial charge is 0.239 e. The summed E-state index contributed by atoms with van der Waals surface area (Å²) in [6.45, 7) is 1.77. The molecule has 98 valence electrons. The predicted molar refractivity (Wildman–Crippen MR) is 73.2 cm³/mol. The number of hydrogen-bond acceptors (Lipinski definition) is 2. The molecule has 2 rings (SSSR count). The molecule has 1 saturated heterocycles. The van der Waals surface area contributed by atoms with Crippen LogP contribution in [0.1, 0.15) is 31.2 Å². The Hall–Kier alpha value is -1.35. The molecule has 0 spiro atoms. The second-order valence-corrected chi connectivity index (χ2v) is 5.02. The first kappa shape index (κ1) is 13.1. The highest BCUT2D eigenvalue weighted by molar-refractivity contribution is 5.81. The number of piperidine rings is 1. The zero-order chi connectivity index (χ0) is 12.8. The summed E-state index contributed by atoms with van der Waals surface area (Å²) >= 11 is 0. The quantitative estimate of drug-likeness (QED) is 0.882. The van der Waals surface area contributed by atoms with Crippen LogP contribution in [0.15, 0.2) is 30.3 Å². The second-order valence-electron chi connectivity index (χ2n) is 5.02. The van der Waals surface area contributed by atoms with Gasteiger partial charge in [0.25, 0.3) is 0 Å². The van der Waals surface area contributed by atoms with Crippen molar-refractivity contribution in [3.8, 4) is 0 Å². The van der Waals surface area contributed by atoms with Crippen LogP contribution < -0.4 is 5.73 Å². The van der Waals surface area contributed by atoms with Gasteiger partial charge in [-0.1, -0.05) is 30.3 Å². The molecule has 18 heavy (non-hydrogen) atoms. The zero-order valence-corrected chi connectivity index (χ0v) is 10.8. The van der Waals surface area contributed by atoms with Crippen molar-refractivity contribution in [3.05, 3.63) is 35.9 Å². The fourth-order valence-electron chi connectivity index (χ4n) is 2.44. The number of amides is 1. The lowest BCUT2D eigenvalue weighted by molar-refractivity contribution is -0.133. The third-order valence-electron chi connectivity index (χ3n) is 3.57. The Morgan fingerprint density at radius 1 is 1.17 bits per heavy atom. The van der Waals surface area contributed by atoms with Gasteiger partial charge in [0.15, 0.2) is 0 Å². The standard InChI is InChI=1S/C15H22N2O/c16-14(10-9-13-7-3-1-4-8-13)15(18)17-11-5-2-6-12-17/h1,3-4,7-8,14H,2,5-6,9-12,16H2. The van der Waals surface area contributed by atoms with Crippen molar-refractivity contribution in [2.45, 2.75) is 38.1 Å². The van der Waals surface area contributed by atoms with Crippen LogP contribution in [0.25, 0.3) is 0 Å². The van der Waals surface area contributed by atoms with E-state index in [0.717, 1.165) is 38.8 Å². The number of rotatable bonds is 4. The van der Waals surface area contributed by atoms with E-state index in [2.05, 4.69) is 12.1 Å². The molecule has 1 atom stereocenters. The zero-order valence-electron chi connectivity index (χ0n) is 10.8. The van der Waals surface area contributed by atoms with Gasteiger partial charge in [-0.25, -0.2) is 0 Å². The molecule has 1 aromatic rings.